The molecule has 1 atom stereocenters. The lowest BCUT2D eigenvalue weighted by Crippen LogP contribution is -2.45. The molecule has 0 heterocycles. The number of carbonyl (C=O) groups is 1. The van der Waals surface area contributed by atoms with Crippen molar-refractivity contribution >= 4 is 6.03 Å². The first-order chi connectivity index (χ1) is 7.26. The molecular formula is C12H24N2O. The Hall–Kier alpha value is -0.730. The van der Waals surface area contributed by atoms with Crippen molar-refractivity contribution in [3.8, 4) is 0 Å². The summed E-state index contributed by atoms with van der Waals surface area (Å²) in [4.78, 5) is 11.6. The average Bonchev–Trinajstić information content (AvgIpc) is 2.69. The number of hydrogen-bond acceptors (Lipinski definition) is 1. The molecule has 1 aliphatic carbocycles. The van der Waals surface area contributed by atoms with Crippen LogP contribution in [0, 0.1) is 0 Å². The van der Waals surface area contributed by atoms with E-state index in [0.717, 1.165) is 32.1 Å². The van der Waals surface area contributed by atoms with E-state index in [1.165, 1.54) is 12.8 Å². The highest BCUT2D eigenvalue weighted by Gasteiger charge is 2.18. The highest BCUT2D eigenvalue weighted by molar-refractivity contribution is 5.74. The molecule has 3 nitrogen and oxygen atoms in total. The molecule has 0 saturated heterocycles. The van der Waals surface area contributed by atoms with Gasteiger partial charge in [-0.15, -0.1) is 0 Å². The normalized spacial score (nSPS) is 18.8. The maximum atomic E-state index is 11.6. The second kappa shape index (κ2) is 6.70. The molecule has 0 aromatic heterocycles. The van der Waals surface area contributed by atoms with Gasteiger partial charge in [-0.25, -0.2) is 4.79 Å². The van der Waals surface area contributed by atoms with E-state index < -0.39 is 0 Å². The molecule has 0 radical (unpaired) electrons. The molecule has 1 fully saturated rings. The SMILES string of the molecule is CCCC(CC)NC(=O)NC1CCCC1. The minimum Gasteiger partial charge on any atom is -0.335 e. The van der Waals surface area contributed by atoms with Crippen LogP contribution in [0.25, 0.3) is 0 Å². The monoisotopic (exact) mass is 212 g/mol. The Morgan fingerprint density at radius 3 is 2.53 bits per heavy atom. The lowest BCUT2D eigenvalue weighted by Gasteiger charge is -2.19. The number of carbonyl (C=O) groups excluding carboxylic acids is 1. The first-order valence-electron chi connectivity index (χ1n) is 6.33. The van der Waals surface area contributed by atoms with Gasteiger partial charge in [-0.1, -0.05) is 33.1 Å². The molecule has 3 heteroatoms. The van der Waals surface area contributed by atoms with Crippen molar-refractivity contribution in [3.05, 3.63) is 0 Å². The van der Waals surface area contributed by atoms with Gasteiger partial charge in [0.05, 0.1) is 0 Å². The highest BCUT2D eigenvalue weighted by atomic mass is 16.2. The van der Waals surface area contributed by atoms with Crippen LogP contribution in [-0.2, 0) is 0 Å². The zero-order chi connectivity index (χ0) is 11.1. The Balaban J connectivity index is 2.20. The summed E-state index contributed by atoms with van der Waals surface area (Å²) in [6.07, 6.45) is 8.05. The smallest absolute Gasteiger partial charge is 0.315 e. The lowest BCUT2D eigenvalue weighted by molar-refractivity contribution is 0.232. The number of rotatable bonds is 5. The van der Waals surface area contributed by atoms with Crippen LogP contribution in [0.15, 0.2) is 0 Å². The Labute approximate surface area is 93.0 Å². The summed E-state index contributed by atoms with van der Waals surface area (Å²) in [6, 6.07) is 0.794. The van der Waals surface area contributed by atoms with Gasteiger partial charge in [0.15, 0.2) is 0 Å². The third kappa shape index (κ3) is 4.54. The van der Waals surface area contributed by atoms with E-state index in [1.54, 1.807) is 0 Å². The number of amides is 2. The van der Waals surface area contributed by atoms with Crippen LogP contribution in [-0.4, -0.2) is 18.1 Å². The summed E-state index contributed by atoms with van der Waals surface area (Å²) in [5.74, 6) is 0. The Bertz CT molecular complexity index is 188. The Morgan fingerprint density at radius 2 is 2.00 bits per heavy atom. The predicted molar refractivity (Wildman–Crippen MR) is 62.9 cm³/mol. The zero-order valence-corrected chi connectivity index (χ0v) is 10.0. The van der Waals surface area contributed by atoms with Gasteiger partial charge in [0, 0.05) is 12.1 Å². The molecule has 88 valence electrons. The van der Waals surface area contributed by atoms with Crippen LogP contribution >= 0.6 is 0 Å². The van der Waals surface area contributed by atoms with E-state index in [-0.39, 0.29) is 6.03 Å². The average molecular weight is 212 g/mol. The van der Waals surface area contributed by atoms with E-state index >= 15 is 0 Å². The second-order valence-corrected chi connectivity index (χ2v) is 4.49. The lowest BCUT2D eigenvalue weighted by atomic mass is 10.1. The van der Waals surface area contributed by atoms with Gasteiger partial charge in [-0.2, -0.15) is 0 Å². The second-order valence-electron chi connectivity index (χ2n) is 4.49. The Morgan fingerprint density at radius 1 is 1.33 bits per heavy atom. The molecule has 1 aliphatic rings. The van der Waals surface area contributed by atoms with Crippen molar-refractivity contribution in [1.29, 1.82) is 0 Å². The van der Waals surface area contributed by atoms with E-state index in [2.05, 4.69) is 24.5 Å². The van der Waals surface area contributed by atoms with Crippen molar-refractivity contribution in [2.75, 3.05) is 0 Å². The van der Waals surface area contributed by atoms with Crippen LogP contribution < -0.4 is 10.6 Å². The fraction of sp³-hybridized carbons (Fsp3) is 0.917. The molecule has 0 aromatic carbocycles. The first kappa shape index (κ1) is 12.3. The summed E-state index contributed by atoms with van der Waals surface area (Å²) in [7, 11) is 0. The fourth-order valence-corrected chi connectivity index (χ4v) is 2.21. The number of nitrogens with one attached hydrogen (secondary N) is 2. The summed E-state index contributed by atoms with van der Waals surface area (Å²) < 4.78 is 0. The molecule has 2 N–H and O–H groups in total. The topological polar surface area (TPSA) is 41.1 Å². The van der Waals surface area contributed by atoms with Crippen LogP contribution in [0.5, 0.6) is 0 Å². The molecule has 1 rings (SSSR count). The molecule has 1 unspecified atom stereocenters. The third-order valence-electron chi connectivity index (χ3n) is 3.16. The van der Waals surface area contributed by atoms with Crippen molar-refractivity contribution in [2.45, 2.75) is 70.9 Å². The maximum absolute atomic E-state index is 11.6. The number of urea groups is 1. The maximum Gasteiger partial charge on any atom is 0.315 e. The van der Waals surface area contributed by atoms with Crippen molar-refractivity contribution < 1.29 is 4.79 Å². The van der Waals surface area contributed by atoms with Crippen LogP contribution in [0.1, 0.15) is 58.8 Å². The van der Waals surface area contributed by atoms with Gasteiger partial charge in [0.25, 0.3) is 0 Å². The van der Waals surface area contributed by atoms with E-state index in [9.17, 15) is 4.79 Å². The summed E-state index contributed by atoms with van der Waals surface area (Å²) >= 11 is 0. The van der Waals surface area contributed by atoms with Gasteiger partial charge < -0.3 is 10.6 Å². The van der Waals surface area contributed by atoms with Crippen LogP contribution in [0.2, 0.25) is 0 Å². The summed E-state index contributed by atoms with van der Waals surface area (Å²) in [5, 5.41) is 6.10. The van der Waals surface area contributed by atoms with Crippen molar-refractivity contribution in [1.82, 2.24) is 10.6 Å². The molecule has 0 spiro atoms. The minimum absolute atomic E-state index is 0.0298. The van der Waals surface area contributed by atoms with Gasteiger partial charge in [0.1, 0.15) is 0 Å². The third-order valence-corrected chi connectivity index (χ3v) is 3.16. The van der Waals surface area contributed by atoms with Crippen molar-refractivity contribution in [3.63, 3.8) is 0 Å². The fourth-order valence-electron chi connectivity index (χ4n) is 2.21. The highest BCUT2D eigenvalue weighted by Crippen LogP contribution is 2.17. The van der Waals surface area contributed by atoms with Gasteiger partial charge in [-0.05, 0) is 25.7 Å². The quantitative estimate of drug-likeness (QED) is 0.723. The van der Waals surface area contributed by atoms with E-state index in [1.807, 2.05) is 0 Å². The first-order valence-corrected chi connectivity index (χ1v) is 6.33. The molecule has 0 aliphatic heterocycles. The van der Waals surface area contributed by atoms with E-state index in [0.29, 0.717) is 12.1 Å². The largest absolute Gasteiger partial charge is 0.335 e. The predicted octanol–water partition coefficient (Wildman–Crippen LogP) is 2.81. The van der Waals surface area contributed by atoms with Gasteiger partial charge in [0.2, 0.25) is 0 Å². The summed E-state index contributed by atoms with van der Waals surface area (Å²) in [6.45, 7) is 4.27. The minimum atomic E-state index is 0.0298. The van der Waals surface area contributed by atoms with E-state index in [4.69, 9.17) is 0 Å². The molecular weight excluding hydrogens is 188 g/mol. The van der Waals surface area contributed by atoms with Crippen LogP contribution in [0.3, 0.4) is 0 Å². The standard InChI is InChI=1S/C12H24N2O/c1-3-7-10(4-2)13-12(15)14-11-8-5-6-9-11/h10-11H,3-9H2,1-2H3,(H2,13,14,15). The summed E-state index contributed by atoms with van der Waals surface area (Å²) in [5.41, 5.74) is 0. The molecule has 15 heavy (non-hydrogen) atoms. The molecule has 0 aromatic rings. The zero-order valence-electron chi connectivity index (χ0n) is 10.0. The molecule has 2 amide bonds. The Kier molecular flexibility index (Phi) is 5.51. The molecule has 1 saturated carbocycles. The van der Waals surface area contributed by atoms with Gasteiger partial charge in [-0.3, -0.25) is 0 Å². The van der Waals surface area contributed by atoms with Crippen molar-refractivity contribution in [2.24, 2.45) is 0 Å². The molecule has 0 bridgehead atoms. The number of hydrogen-bond donors (Lipinski definition) is 2. The van der Waals surface area contributed by atoms with Crippen LogP contribution in [0.4, 0.5) is 4.79 Å². The van der Waals surface area contributed by atoms with Gasteiger partial charge >= 0.3 is 6.03 Å².